The second-order valence-electron chi connectivity index (χ2n) is 6.65. The number of sulfonamides is 1. The Hall–Kier alpha value is -0.910. The number of nitrogens with one attached hydrogen (secondary N) is 1. The summed E-state index contributed by atoms with van der Waals surface area (Å²) in [6, 6.07) is 5.70. The zero-order valence-corrected chi connectivity index (χ0v) is 14.8. The molecule has 0 radical (unpaired) electrons. The van der Waals surface area contributed by atoms with Gasteiger partial charge in [0.15, 0.2) is 0 Å². The number of hydrogen-bond donors (Lipinski definition) is 1. The fourth-order valence-corrected chi connectivity index (χ4v) is 4.10. The van der Waals surface area contributed by atoms with Gasteiger partial charge in [0.25, 0.3) is 0 Å². The molecular formula is C16H28N2O2S. The maximum absolute atomic E-state index is 12.9. The molecule has 120 valence electrons. The molecule has 1 N–H and O–H groups in total. The molecule has 0 spiro atoms. The van der Waals surface area contributed by atoms with Gasteiger partial charge in [-0.15, -0.1) is 0 Å². The molecule has 0 aromatic heterocycles. The minimum atomic E-state index is -3.45. The van der Waals surface area contributed by atoms with Gasteiger partial charge < -0.3 is 5.32 Å². The molecule has 0 saturated heterocycles. The predicted molar refractivity (Wildman–Crippen MR) is 87.9 cm³/mol. The summed E-state index contributed by atoms with van der Waals surface area (Å²) in [5, 5.41) is 3.06. The first kappa shape index (κ1) is 18.1. The molecule has 1 aromatic carbocycles. The molecule has 1 rings (SSSR count). The molecule has 1 aromatic rings. The smallest absolute Gasteiger partial charge is 0.243 e. The van der Waals surface area contributed by atoms with Crippen molar-refractivity contribution in [2.24, 2.45) is 5.41 Å². The highest BCUT2D eigenvalue weighted by Gasteiger charge is 2.27. The highest BCUT2D eigenvalue weighted by Crippen LogP contribution is 2.25. The molecule has 21 heavy (non-hydrogen) atoms. The van der Waals surface area contributed by atoms with Crippen LogP contribution in [-0.4, -0.2) is 33.4 Å². The third-order valence-corrected chi connectivity index (χ3v) is 5.16. The molecule has 0 aliphatic carbocycles. The van der Waals surface area contributed by atoms with Crippen LogP contribution in [0.25, 0.3) is 0 Å². The van der Waals surface area contributed by atoms with Crippen molar-refractivity contribution in [3.8, 4) is 0 Å². The molecule has 0 unspecified atom stereocenters. The van der Waals surface area contributed by atoms with Crippen molar-refractivity contribution >= 4 is 10.0 Å². The lowest BCUT2D eigenvalue weighted by Crippen LogP contribution is -2.35. The van der Waals surface area contributed by atoms with Crippen molar-refractivity contribution in [3.05, 3.63) is 29.3 Å². The van der Waals surface area contributed by atoms with Crippen LogP contribution in [-0.2, 0) is 23.0 Å². The van der Waals surface area contributed by atoms with Crippen LogP contribution < -0.4 is 5.32 Å². The Labute approximate surface area is 129 Å². The molecule has 0 heterocycles. The van der Waals surface area contributed by atoms with Crippen molar-refractivity contribution in [1.29, 1.82) is 0 Å². The average molecular weight is 312 g/mol. The third kappa shape index (κ3) is 4.80. The Morgan fingerprint density at radius 3 is 2.33 bits per heavy atom. The summed E-state index contributed by atoms with van der Waals surface area (Å²) in [4.78, 5) is 0.435. The van der Waals surface area contributed by atoms with Gasteiger partial charge in [-0.05, 0) is 36.1 Å². The van der Waals surface area contributed by atoms with Gasteiger partial charge in [-0.2, -0.15) is 0 Å². The standard InChI is InChI=1S/C16H28N2O2S/c1-7-14-9-8-13(11-17-5)10-15(14)21(19,20)18(6)12-16(2,3)4/h8-10,17H,7,11-12H2,1-6H3. The highest BCUT2D eigenvalue weighted by atomic mass is 32.2. The van der Waals surface area contributed by atoms with Crippen molar-refractivity contribution in [3.63, 3.8) is 0 Å². The van der Waals surface area contributed by atoms with Crippen LogP contribution in [0.5, 0.6) is 0 Å². The lowest BCUT2D eigenvalue weighted by molar-refractivity contribution is 0.310. The van der Waals surface area contributed by atoms with E-state index < -0.39 is 10.0 Å². The Kier molecular flexibility index (Phi) is 5.96. The Morgan fingerprint density at radius 1 is 1.24 bits per heavy atom. The first-order valence-electron chi connectivity index (χ1n) is 7.34. The second-order valence-corrected chi connectivity index (χ2v) is 8.66. The van der Waals surface area contributed by atoms with Gasteiger partial charge >= 0.3 is 0 Å². The zero-order chi connectivity index (χ0) is 16.3. The van der Waals surface area contributed by atoms with E-state index in [0.29, 0.717) is 24.4 Å². The fraction of sp³-hybridized carbons (Fsp3) is 0.625. The fourth-order valence-electron chi connectivity index (χ4n) is 2.37. The zero-order valence-electron chi connectivity index (χ0n) is 14.0. The van der Waals surface area contributed by atoms with E-state index in [9.17, 15) is 8.42 Å². The van der Waals surface area contributed by atoms with Crippen molar-refractivity contribution < 1.29 is 8.42 Å². The van der Waals surface area contributed by atoms with Gasteiger partial charge in [-0.3, -0.25) is 0 Å². The Balaban J connectivity index is 3.25. The first-order valence-corrected chi connectivity index (χ1v) is 8.78. The topological polar surface area (TPSA) is 49.4 Å². The summed E-state index contributed by atoms with van der Waals surface area (Å²) >= 11 is 0. The third-order valence-electron chi connectivity index (χ3n) is 3.28. The molecule has 4 nitrogen and oxygen atoms in total. The van der Waals surface area contributed by atoms with Gasteiger partial charge in [0.1, 0.15) is 0 Å². The largest absolute Gasteiger partial charge is 0.316 e. The van der Waals surface area contributed by atoms with Crippen molar-refractivity contribution in [2.45, 2.75) is 45.6 Å². The lowest BCUT2D eigenvalue weighted by atomic mass is 9.97. The summed E-state index contributed by atoms with van der Waals surface area (Å²) in [6.45, 7) is 9.26. The predicted octanol–water partition coefficient (Wildman–Crippen LogP) is 2.64. The van der Waals surface area contributed by atoms with Crippen LogP contribution in [0.3, 0.4) is 0 Å². The SMILES string of the molecule is CCc1ccc(CNC)cc1S(=O)(=O)N(C)CC(C)(C)C. The van der Waals surface area contributed by atoms with Gasteiger partial charge in [-0.1, -0.05) is 39.8 Å². The average Bonchev–Trinajstić information content (AvgIpc) is 2.37. The molecule has 0 amide bonds. The molecule has 0 bridgehead atoms. The lowest BCUT2D eigenvalue weighted by Gasteiger charge is -2.27. The maximum atomic E-state index is 12.9. The molecule has 0 atom stereocenters. The van der Waals surface area contributed by atoms with Gasteiger partial charge in [-0.25, -0.2) is 12.7 Å². The molecule has 0 fully saturated rings. The minimum Gasteiger partial charge on any atom is -0.316 e. The first-order chi connectivity index (χ1) is 9.61. The molecule has 0 saturated carbocycles. The number of rotatable bonds is 6. The molecular weight excluding hydrogens is 284 g/mol. The van der Waals surface area contributed by atoms with E-state index in [1.54, 1.807) is 13.1 Å². The minimum absolute atomic E-state index is 0.0726. The van der Waals surface area contributed by atoms with Gasteiger partial charge in [0.05, 0.1) is 4.90 Å². The van der Waals surface area contributed by atoms with Crippen molar-refractivity contribution in [1.82, 2.24) is 9.62 Å². The number of nitrogens with zero attached hydrogens (tertiary/aromatic N) is 1. The summed E-state index contributed by atoms with van der Waals surface area (Å²) < 4.78 is 27.2. The molecule has 0 aliphatic rings. The van der Waals surface area contributed by atoms with Gasteiger partial charge in [0, 0.05) is 20.1 Å². The van der Waals surface area contributed by atoms with Crippen LogP contribution in [0.4, 0.5) is 0 Å². The van der Waals surface area contributed by atoms with Crippen LogP contribution in [0.15, 0.2) is 23.1 Å². The van der Waals surface area contributed by atoms with Crippen LogP contribution in [0, 0.1) is 5.41 Å². The van der Waals surface area contributed by atoms with Crippen LogP contribution in [0.2, 0.25) is 0 Å². The number of aryl methyl sites for hydroxylation is 1. The van der Waals surface area contributed by atoms with E-state index in [4.69, 9.17) is 0 Å². The number of hydrogen-bond acceptors (Lipinski definition) is 3. The highest BCUT2D eigenvalue weighted by molar-refractivity contribution is 7.89. The maximum Gasteiger partial charge on any atom is 0.243 e. The second kappa shape index (κ2) is 6.90. The quantitative estimate of drug-likeness (QED) is 0.878. The van der Waals surface area contributed by atoms with E-state index >= 15 is 0 Å². The number of benzene rings is 1. The molecule has 5 heteroatoms. The van der Waals surface area contributed by atoms with Crippen molar-refractivity contribution in [2.75, 3.05) is 20.6 Å². The van der Waals surface area contributed by atoms with Crippen LogP contribution in [0.1, 0.15) is 38.8 Å². The summed E-state index contributed by atoms with van der Waals surface area (Å²) in [5.41, 5.74) is 1.78. The Bertz CT molecular complexity index is 574. The normalized spacial score (nSPS) is 12.9. The van der Waals surface area contributed by atoms with E-state index in [1.807, 2.05) is 46.9 Å². The summed E-state index contributed by atoms with van der Waals surface area (Å²) in [7, 11) is 0.0621. The van der Waals surface area contributed by atoms with Crippen LogP contribution >= 0.6 is 0 Å². The summed E-state index contributed by atoms with van der Waals surface area (Å²) in [6.07, 6.45) is 0.706. The monoisotopic (exact) mass is 312 g/mol. The summed E-state index contributed by atoms with van der Waals surface area (Å²) in [5.74, 6) is 0. The Morgan fingerprint density at radius 2 is 1.86 bits per heavy atom. The molecule has 0 aliphatic heterocycles. The van der Waals surface area contributed by atoms with Gasteiger partial charge in [0.2, 0.25) is 10.0 Å². The van der Waals surface area contributed by atoms with E-state index in [0.717, 1.165) is 11.1 Å². The van der Waals surface area contributed by atoms with E-state index in [1.165, 1.54) is 4.31 Å². The van der Waals surface area contributed by atoms with E-state index in [-0.39, 0.29) is 5.41 Å². The van der Waals surface area contributed by atoms with E-state index in [2.05, 4.69) is 5.32 Å².